The van der Waals surface area contributed by atoms with E-state index in [9.17, 15) is 4.79 Å². The molecule has 0 aromatic carbocycles. The largest absolute Gasteiger partial charge is 0.475 e. The van der Waals surface area contributed by atoms with E-state index in [0.29, 0.717) is 12.3 Å². The van der Waals surface area contributed by atoms with Gasteiger partial charge >= 0.3 is 5.97 Å². The molecule has 0 aliphatic heterocycles. The Bertz CT molecular complexity index is 775. The summed E-state index contributed by atoms with van der Waals surface area (Å²) in [5, 5.41) is 16.1. The van der Waals surface area contributed by atoms with Gasteiger partial charge in [-0.3, -0.25) is 0 Å². The summed E-state index contributed by atoms with van der Waals surface area (Å²) in [5.41, 5.74) is 1.80. The lowest BCUT2D eigenvalue weighted by Crippen LogP contribution is -2.05. The summed E-state index contributed by atoms with van der Waals surface area (Å²) in [6.07, 6.45) is 1.48. The van der Waals surface area contributed by atoms with Crippen molar-refractivity contribution in [2.45, 2.75) is 13.5 Å². The molecule has 0 fully saturated rings. The predicted molar refractivity (Wildman–Crippen MR) is 70.7 cm³/mol. The van der Waals surface area contributed by atoms with Crippen molar-refractivity contribution in [2.24, 2.45) is 0 Å². The molecule has 0 unspecified atom stereocenters. The van der Waals surface area contributed by atoms with Gasteiger partial charge in [0.05, 0.1) is 6.54 Å². The van der Waals surface area contributed by atoms with Crippen molar-refractivity contribution in [1.29, 1.82) is 0 Å². The van der Waals surface area contributed by atoms with Gasteiger partial charge in [0, 0.05) is 0 Å². The number of rotatable bonds is 4. The monoisotopic (exact) mass is 272 g/mol. The molecule has 0 atom stereocenters. The van der Waals surface area contributed by atoms with E-state index < -0.39 is 5.97 Å². The summed E-state index contributed by atoms with van der Waals surface area (Å²) < 4.78 is 6.86. The number of hydrogen-bond acceptors (Lipinski definition) is 5. The van der Waals surface area contributed by atoms with Crippen LogP contribution in [0.25, 0.3) is 5.65 Å². The second-order valence-corrected chi connectivity index (χ2v) is 4.37. The summed E-state index contributed by atoms with van der Waals surface area (Å²) in [5.74, 6) is 0.158. The highest BCUT2D eigenvalue weighted by atomic mass is 16.4. The molecule has 0 aliphatic carbocycles. The van der Waals surface area contributed by atoms with E-state index in [1.54, 1.807) is 10.6 Å². The van der Waals surface area contributed by atoms with Crippen molar-refractivity contribution in [3.63, 3.8) is 0 Å². The standard InChI is InChI=1S/C13H12N4O3/c1-8-4-11(17-12(5-8)15-7-16-17)14-6-9-2-3-10(20-9)13(18)19/h2-5,7,14H,6H2,1H3,(H,18,19). The third kappa shape index (κ3) is 2.20. The van der Waals surface area contributed by atoms with Gasteiger partial charge in [-0.1, -0.05) is 0 Å². The number of nitrogens with zero attached hydrogens (tertiary/aromatic N) is 3. The first-order valence-corrected chi connectivity index (χ1v) is 6.00. The van der Waals surface area contributed by atoms with Gasteiger partial charge in [0.25, 0.3) is 0 Å². The molecule has 102 valence electrons. The summed E-state index contributed by atoms with van der Waals surface area (Å²) in [6.45, 7) is 2.33. The molecule has 2 N–H and O–H groups in total. The van der Waals surface area contributed by atoms with E-state index in [2.05, 4.69) is 15.4 Å². The van der Waals surface area contributed by atoms with E-state index in [1.165, 1.54) is 12.4 Å². The van der Waals surface area contributed by atoms with Crippen LogP contribution in [0.4, 0.5) is 5.82 Å². The van der Waals surface area contributed by atoms with E-state index in [-0.39, 0.29) is 5.76 Å². The van der Waals surface area contributed by atoms with Gasteiger partial charge < -0.3 is 14.8 Å². The first-order chi connectivity index (χ1) is 9.63. The average Bonchev–Trinajstić information content (AvgIpc) is 3.04. The fourth-order valence-corrected chi connectivity index (χ4v) is 1.95. The predicted octanol–water partition coefficient (Wildman–Crippen LogP) is 1.94. The molecule has 3 heterocycles. The Balaban J connectivity index is 1.82. The number of carboxylic acids is 1. The molecule has 0 bridgehead atoms. The smallest absolute Gasteiger partial charge is 0.371 e. The Morgan fingerprint density at radius 3 is 3.05 bits per heavy atom. The molecular weight excluding hydrogens is 260 g/mol. The Morgan fingerprint density at radius 1 is 1.45 bits per heavy atom. The number of nitrogens with one attached hydrogen (secondary N) is 1. The number of aryl methyl sites for hydroxylation is 1. The van der Waals surface area contributed by atoms with Gasteiger partial charge in [0.1, 0.15) is 17.9 Å². The number of aromatic carboxylic acids is 1. The van der Waals surface area contributed by atoms with Crippen LogP contribution in [0.2, 0.25) is 0 Å². The summed E-state index contributed by atoms with van der Waals surface area (Å²) in [6, 6.07) is 6.92. The first kappa shape index (κ1) is 12.2. The molecular formula is C13H12N4O3. The van der Waals surface area contributed by atoms with Crippen LogP contribution >= 0.6 is 0 Å². The highest BCUT2D eigenvalue weighted by Gasteiger charge is 2.09. The normalized spacial score (nSPS) is 10.8. The van der Waals surface area contributed by atoms with Crippen molar-refractivity contribution in [1.82, 2.24) is 14.6 Å². The van der Waals surface area contributed by atoms with Gasteiger partial charge in [-0.05, 0) is 36.8 Å². The van der Waals surface area contributed by atoms with Crippen molar-refractivity contribution in [2.75, 3.05) is 5.32 Å². The Kier molecular flexibility index (Phi) is 2.86. The first-order valence-electron chi connectivity index (χ1n) is 6.00. The average molecular weight is 272 g/mol. The van der Waals surface area contributed by atoms with Crippen LogP contribution in [0.15, 0.2) is 35.0 Å². The molecule has 3 aromatic rings. The maximum atomic E-state index is 10.7. The van der Waals surface area contributed by atoms with E-state index in [0.717, 1.165) is 17.0 Å². The van der Waals surface area contributed by atoms with Crippen LogP contribution in [0, 0.1) is 6.92 Å². The Labute approximate surface area is 113 Å². The quantitative estimate of drug-likeness (QED) is 0.754. The molecule has 0 amide bonds. The number of furan rings is 1. The van der Waals surface area contributed by atoms with Gasteiger partial charge in [0.2, 0.25) is 5.76 Å². The minimum absolute atomic E-state index is 0.0723. The number of pyridine rings is 1. The number of carboxylic acid groups (broad SMARTS) is 1. The SMILES string of the molecule is Cc1cc(NCc2ccc(C(=O)O)o2)n2ncnc2c1. The van der Waals surface area contributed by atoms with Crippen LogP contribution in [0.3, 0.4) is 0 Å². The highest BCUT2D eigenvalue weighted by Crippen LogP contribution is 2.15. The Hall–Kier alpha value is -2.83. The molecule has 20 heavy (non-hydrogen) atoms. The molecule has 7 heteroatoms. The lowest BCUT2D eigenvalue weighted by Gasteiger charge is -2.07. The van der Waals surface area contributed by atoms with Crippen molar-refractivity contribution in [3.05, 3.63) is 47.7 Å². The van der Waals surface area contributed by atoms with Gasteiger partial charge in [-0.2, -0.15) is 9.61 Å². The van der Waals surface area contributed by atoms with Crippen molar-refractivity contribution in [3.8, 4) is 0 Å². The van der Waals surface area contributed by atoms with Crippen LogP contribution in [0.5, 0.6) is 0 Å². The van der Waals surface area contributed by atoms with Crippen LogP contribution in [0.1, 0.15) is 21.9 Å². The molecule has 3 aromatic heterocycles. The number of hydrogen-bond donors (Lipinski definition) is 2. The van der Waals surface area contributed by atoms with E-state index >= 15 is 0 Å². The Morgan fingerprint density at radius 2 is 2.30 bits per heavy atom. The van der Waals surface area contributed by atoms with Crippen molar-refractivity contribution >= 4 is 17.4 Å². The molecule has 0 saturated heterocycles. The fraction of sp³-hybridized carbons (Fsp3) is 0.154. The lowest BCUT2D eigenvalue weighted by molar-refractivity contribution is 0.0660. The number of anilines is 1. The molecule has 7 nitrogen and oxygen atoms in total. The highest BCUT2D eigenvalue weighted by molar-refractivity contribution is 5.84. The molecule has 0 spiro atoms. The summed E-state index contributed by atoms with van der Waals surface area (Å²) in [4.78, 5) is 14.9. The van der Waals surface area contributed by atoms with E-state index in [4.69, 9.17) is 9.52 Å². The molecule has 0 aliphatic rings. The van der Waals surface area contributed by atoms with Gasteiger partial charge in [-0.15, -0.1) is 0 Å². The number of carbonyl (C=O) groups is 1. The van der Waals surface area contributed by atoms with Gasteiger partial charge in [-0.25, -0.2) is 9.78 Å². The molecule has 0 saturated carbocycles. The second-order valence-electron chi connectivity index (χ2n) is 4.37. The maximum absolute atomic E-state index is 10.7. The number of fused-ring (bicyclic) bond motifs is 1. The third-order valence-electron chi connectivity index (χ3n) is 2.84. The van der Waals surface area contributed by atoms with E-state index in [1.807, 2.05) is 19.1 Å². The minimum Gasteiger partial charge on any atom is -0.475 e. The lowest BCUT2D eigenvalue weighted by atomic mass is 10.3. The van der Waals surface area contributed by atoms with Gasteiger partial charge in [0.15, 0.2) is 5.65 Å². The number of aromatic nitrogens is 3. The van der Waals surface area contributed by atoms with Crippen LogP contribution < -0.4 is 5.32 Å². The maximum Gasteiger partial charge on any atom is 0.371 e. The third-order valence-corrected chi connectivity index (χ3v) is 2.84. The fourth-order valence-electron chi connectivity index (χ4n) is 1.95. The molecule has 0 radical (unpaired) electrons. The zero-order chi connectivity index (χ0) is 14.1. The zero-order valence-corrected chi connectivity index (χ0v) is 10.7. The summed E-state index contributed by atoms with van der Waals surface area (Å²) >= 11 is 0. The van der Waals surface area contributed by atoms with Crippen LogP contribution in [-0.4, -0.2) is 25.7 Å². The zero-order valence-electron chi connectivity index (χ0n) is 10.7. The van der Waals surface area contributed by atoms with Crippen molar-refractivity contribution < 1.29 is 14.3 Å². The van der Waals surface area contributed by atoms with Crippen LogP contribution in [-0.2, 0) is 6.54 Å². The topological polar surface area (TPSA) is 92.7 Å². The second kappa shape index (κ2) is 4.69. The molecule has 3 rings (SSSR count). The summed E-state index contributed by atoms with van der Waals surface area (Å²) in [7, 11) is 0. The minimum atomic E-state index is -1.08.